The van der Waals surface area contributed by atoms with Crippen molar-refractivity contribution >= 4 is 5.69 Å². The molecule has 2 aromatic carbocycles. The quantitative estimate of drug-likeness (QED) is 0.536. The molecule has 4 rings (SSSR count). The number of halogens is 3. The van der Waals surface area contributed by atoms with Crippen molar-refractivity contribution in [2.45, 2.75) is 31.5 Å². The van der Waals surface area contributed by atoms with Crippen LogP contribution in [0.5, 0.6) is 5.88 Å². The maximum Gasteiger partial charge on any atom is 0.421 e. The molecule has 0 unspecified atom stereocenters. The van der Waals surface area contributed by atoms with Gasteiger partial charge in [0, 0.05) is 31.5 Å². The standard InChI is InChI=1S/C25H25F3N2O2/c26-25(27,28)22-9-4-13-29-24(22)32-21-12-14-30(17-21)23-11-10-19(16-20(23)8-5-15-31)18-6-2-1-3-7-18/h1-4,6-7,9-11,13,16,21,31H,5,8,12,14-15,17H2/t21-/m0/s1. The molecule has 168 valence electrons. The first-order chi connectivity index (χ1) is 15.5. The van der Waals surface area contributed by atoms with E-state index in [0.29, 0.717) is 32.4 Å². The highest BCUT2D eigenvalue weighted by atomic mass is 19.4. The van der Waals surface area contributed by atoms with E-state index in [1.807, 2.05) is 18.2 Å². The third-order valence-electron chi connectivity index (χ3n) is 5.63. The van der Waals surface area contributed by atoms with E-state index in [1.54, 1.807) is 0 Å². The molecule has 1 N–H and O–H groups in total. The van der Waals surface area contributed by atoms with Crippen molar-refractivity contribution in [3.05, 3.63) is 78.0 Å². The molecule has 0 amide bonds. The van der Waals surface area contributed by atoms with Crippen molar-refractivity contribution in [2.24, 2.45) is 0 Å². The van der Waals surface area contributed by atoms with Crippen LogP contribution in [0.2, 0.25) is 0 Å². The summed E-state index contributed by atoms with van der Waals surface area (Å²) < 4.78 is 45.5. The molecular weight excluding hydrogens is 417 g/mol. The van der Waals surface area contributed by atoms with Gasteiger partial charge in [0.15, 0.2) is 0 Å². The lowest BCUT2D eigenvalue weighted by molar-refractivity contribution is -0.139. The largest absolute Gasteiger partial charge is 0.472 e. The Hall–Kier alpha value is -3.06. The fraction of sp³-hybridized carbons (Fsp3) is 0.320. The molecule has 1 atom stereocenters. The molecule has 0 spiro atoms. The van der Waals surface area contributed by atoms with E-state index < -0.39 is 11.7 Å². The van der Waals surface area contributed by atoms with Gasteiger partial charge in [0.1, 0.15) is 11.7 Å². The molecule has 1 saturated heterocycles. The molecule has 0 aliphatic carbocycles. The van der Waals surface area contributed by atoms with Crippen LogP contribution in [0.3, 0.4) is 0 Å². The van der Waals surface area contributed by atoms with Crippen molar-refractivity contribution in [1.29, 1.82) is 0 Å². The molecule has 32 heavy (non-hydrogen) atoms. The Labute approximate surface area is 185 Å². The first-order valence-corrected chi connectivity index (χ1v) is 10.7. The molecule has 0 radical (unpaired) electrons. The molecule has 0 bridgehead atoms. The van der Waals surface area contributed by atoms with Gasteiger partial charge in [0.05, 0.1) is 6.54 Å². The summed E-state index contributed by atoms with van der Waals surface area (Å²) in [5.41, 5.74) is 3.49. The molecule has 2 heterocycles. The number of hydrogen-bond donors (Lipinski definition) is 1. The van der Waals surface area contributed by atoms with Crippen molar-refractivity contribution in [3.8, 4) is 17.0 Å². The third-order valence-corrected chi connectivity index (χ3v) is 5.63. The Kier molecular flexibility index (Phi) is 6.65. The number of benzene rings is 2. The van der Waals surface area contributed by atoms with Crippen LogP contribution >= 0.6 is 0 Å². The second kappa shape index (κ2) is 9.61. The van der Waals surface area contributed by atoms with Gasteiger partial charge in [-0.1, -0.05) is 36.4 Å². The maximum atomic E-state index is 13.3. The van der Waals surface area contributed by atoms with Crippen LogP contribution in [0.4, 0.5) is 18.9 Å². The van der Waals surface area contributed by atoms with E-state index in [2.05, 4.69) is 40.2 Å². The molecular formula is C25H25F3N2O2. The van der Waals surface area contributed by atoms with Crippen LogP contribution in [0.15, 0.2) is 66.9 Å². The summed E-state index contributed by atoms with van der Waals surface area (Å²) >= 11 is 0. The first kappa shape index (κ1) is 22.1. The lowest BCUT2D eigenvalue weighted by atomic mass is 9.99. The lowest BCUT2D eigenvalue weighted by Crippen LogP contribution is -2.26. The number of pyridine rings is 1. The summed E-state index contributed by atoms with van der Waals surface area (Å²) in [4.78, 5) is 5.96. The zero-order chi connectivity index (χ0) is 22.6. The Morgan fingerprint density at radius 3 is 2.59 bits per heavy atom. The maximum absolute atomic E-state index is 13.3. The average molecular weight is 442 g/mol. The normalized spacial score (nSPS) is 16.4. The summed E-state index contributed by atoms with van der Waals surface area (Å²) in [5, 5.41) is 9.34. The van der Waals surface area contributed by atoms with Gasteiger partial charge in [-0.25, -0.2) is 4.98 Å². The number of alkyl halides is 3. The van der Waals surface area contributed by atoms with Crippen molar-refractivity contribution < 1.29 is 23.0 Å². The molecule has 1 aliphatic heterocycles. The molecule has 3 aromatic rings. The van der Waals surface area contributed by atoms with Crippen LogP contribution in [0, 0.1) is 0 Å². The number of aromatic nitrogens is 1. The summed E-state index contributed by atoms with van der Waals surface area (Å²) in [6.45, 7) is 1.25. The van der Waals surface area contributed by atoms with E-state index >= 15 is 0 Å². The number of hydrogen-bond acceptors (Lipinski definition) is 4. The summed E-state index contributed by atoms with van der Waals surface area (Å²) in [6.07, 6.45) is -1.62. The van der Waals surface area contributed by atoms with E-state index in [1.165, 1.54) is 12.3 Å². The number of anilines is 1. The van der Waals surface area contributed by atoms with Gasteiger partial charge in [-0.05, 0) is 53.8 Å². The SMILES string of the molecule is OCCCc1cc(-c2ccccc2)ccc1N1CC[C@H](Oc2ncccc2C(F)(F)F)C1. The zero-order valence-corrected chi connectivity index (χ0v) is 17.6. The van der Waals surface area contributed by atoms with Gasteiger partial charge in [0.2, 0.25) is 5.88 Å². The second-order valence-electron chi connectivity index (χ2n) is 7.87. The van der Waals surface area contributed by atoms with Gasteiger partial charge in [-0.2, -0.15) is 13.2 Å². The molecule has 0 saturated carbocycles. The summed E-state index contributed by atoms with van der Waals surface area (Å²) in [5.74, 6) is -0.369. The monoisotopic (exact) mass is 442 g/mol. The van der Waals surface area contributed by atoms with Crippen LogP contribution in [-0.2, 0) is 12.6 Å². The molecule has 1 aliphatic rings. The summed E-state index contributed by atoms with van der Waals surface area (Å²) in [7, 11) is 0. The second-order valence-corrected chi connectivity index (χ2v) is 7.87. The topological polar surface area (TPSA) is 45.6 Å². The van der Waals surface area contributed by atoms with E-state index in [9.17, 15) is 18.3 Å². The number of aliphatic hydroxyl groups excluding tert-OH is 1. The molecule has 4 nitrogen and oxygen atoms in total. The van der Waals surface area contributed by atoms with Gasteiger partial charge in [-0.15, -0.1) is 0 Å². The van der Waals surface area contributed by atoms with Crippen LogP contribution in [-0.4, -0.2) is 35.9 Å². The zero-order valence-electron chi connectivity index (χ0n) is 17.6. The van der Waals surface area contributed by atoms with Crippen molar-refractivity contribution in [1.82, 2.24) is 4.98 Å². The molecule has 1 fully saturated rings. The number of aryl methyl sites for hydroxylation is 1. The highest BCUT2D eigenvalue weighted by Crippen LogP contribution is 2.36. The Bertz CT molecular complexity index is 1040. The number of ether oxygens (including phenoxy) is 1. The lowest BCUT2D eigenvalue weighted by Gasteiger charge is -2.23. The predicted molar refractivity (Wildman–Crippen MR) is 118 cm³/mol. The number of aliphatic hydroxyl groups is 1. The van der Waals surface area contributed by atoms with Crippen molar-refractivity contribution in [2.75, 3.05) is 24.6 Å². The smallest absolute Gasteiger partial charge is 0.421 e. The van der Waals surface area contributed by atoms with Crippen LogP contribution in [0.25, 0.3) is 11.1 Å². The minimum Gasteiger partial charge on any atom is -0.472 e. The van der Waals surface area contributed by atoms with Gasteiger partial charge in [0.25, 0.3) is 0 Å². The Morgan fingerprint density at radius 2 is 1.84 bits per heavy atom. The molecule has 7 heteroatoms. The van der Waals surface area contributed by atoms with E-state index in [4.69, 9.17) is 4.74 Å². The fourth-order valence-corrected chi connectivity index (χ4v) is 4.08. The highest BCUT2D eigenvalue weighted by molar-refractivity contribution is 5.69. The van der Waals surface area contributed by atoms with Crippen LogP contribution in [0.1, 0.15) is 24.0 Å². The third kappa shape index (κ3) is 5.05. The minimum atomic E-state index is -4.51. The van der Waals surface area contributed by atoms with Crippen molar-refractivity contribution in [3.63, 3.8) is 0 Å². The minimum absolute atomic E-state index is 0.0979. The van der Waals surface area contributed by atoms with Gasteiger partial charge >= 0.3 is 6.18 Å². The fourth-order valence-electron chi connectivity index (χ4n) is 4.08. The molecule has 1 aromatic heterocycles. The average Bonchev–Trinajstić information content (AvgIpc) is 3.26. The number of rotatable bonds is 7. The Balaban J connectivity index is 1.53. The first-order valence-electron chi connectivity index (χ1n) is 10.7. The van der Waals surface area contributed by atoms with E-state index in [-0.39, 0.29) is 18.6 Å². The summed E-state index contributed by atoms with van der Waals surface area (Å²) in [6, 6.07) is 18.6. The predicted octanol–water partition coefficient (Wildman–Crippen LogP) is 5.35. The van der Waals surface area contributed by atoms with Crippen LogP contribution < -0.4 is 9.64 Å². The van der Waals surface area contributed by atoms with Gasteiger partial charge < -0.3 is 14.7 Å². The van der Waals surface area contributed by atoms with Gasteiger partial charge in [-0.3, -0.25) is 0 Å². The number of nitrogens with zero attached hydrogens (tertiary/aromatic N) is 2. The Morgan fingerprint density at radius 1 is 1.03 bits per heavy atom. The highest BCUT2D eigenvalue weighted by Gasteiger charge is 2.36. The van der Waals surface area contributed by atoms with E-state index in [0.717, 1.165) is 28.4 Å².